The second kappa shape index (κ2) is 3.67. The Labute approximate surface area is 90.9 Å². The molecule has 1 atom stereocenters. The van der Waals surface area contributed by atoms with Gasteiger partial charge in [-0.05, 0) is 32.1 Å². The van der Waals surface area contributed by atoms with Crippen LogP contribution >= 0.6 is 0 Å². The number of rotatable bonds is 3. The van der Waals surface area contributed by atoms with Crippen molar-refractivity contribution in [3.05, 3.63) is 0 Å². The Morgan fingerprint density at radius 1 is 1.20 bits per heavy atom. The Kier molecular flexibility index (Phi) is 2.31. The maximum atomic E-state index is 5.85. The first-order valence-electron chi connectivity index (χ1n) is 6.15. The molecule has 1 unspecified atom stereocenters. The van der Waals surface area contributed by atoms with E-state index in [4.69, 9.17) is 5.73 Å². The lowest BCUT2D eigenvalue weighted by Gasteiger charge is -2.16. The van der Waals surface area contributed by atoms with Gasteiger partial charge in [-0.25, -0.2) is 0 Å². The molecule has 0 bridgehead atoms. The highest BCUT2D eigenvalue weighted by Gasteiger charge is 2.34. The van der Waals surface area contributed by atoms with E-state index in [9.17, 15) is 0 Å². The highest BCUT2D eigenvalue weighted by molar-refractivity contribution is 5.78. The maximum Gasteiger partial charge on any atom is 0.189 e. The summed E-state index contributed by atoms with van der Waals surface area (Å²) in [7, 11) is 0. The number of aliphatic imine (C=N–C) groups is 1. The Morgan fingerprint density at radius 3 is 2.67 bits per heavy atom. The molecule has 1 heterocycles. The van der Waals surface area contributed by atoms with Crippen LogP contribution in [0.25, 0.3) is 0 Å². The number of nitrogens with one attached hydrogen (secondary N) is 1. The monoisotopic (exact) mass is 208 g/mol. The summed E-state index contributed by atoms with van der Waals surface area (Å²) >= 11 is 0. The van der Waals surface area contributed by atoms with Crippen LogP contribution in [-0.4, -0.2) is 42.1 Å². The lowest BCUT2D eigenvalue weighted by atomic mass is 10.3. The van der Waals surface area contributed by atoms with E-state index in [0.29, 0.717) is 18.0 Å². The van der Waals surface area contributed by atoms with Crippen molar-refractivity contribution in [2.75, 3.05) is 13.1 Å². The van der Waals surface area contributed by atoms with E-state index >= 15 is 0 Å². The minimum absolute atomic E-state index is 0.526. The Hall–Kier alpha value is -0.770. The van der Waals surface area contributed by atoms with Crippen LogP contribution in [0.3, 0.4) is 0 Å². The summed E-state index contributed by atoms with van der Waals surface area (Å²) in [5, 5.41) is 3.35. The largest absolute Gasteiger partial charge is 0.370 e. The number of nitrogens with two attached hydrogens (primary N) is 1. The molecule has 1 saturated heterocycles. The van der Waals surface area contributed by atoms with Gasteiger partial charge in [0, 0.05) is 25.2 Å². The molecule has 15 heavy (non-hydrogen) atoms. The van der Waals surface area contributed by atoms with Crippen molar-refractivity contribution in [3.8, 4) is 0 Å². The van der Waals surface area contributed by atoms with Crippen LogP contribution in [0.2, 0.25) is 0 Å². The van der Waals surface area contributed by atoms with Gasteiger partial charge in [0.2, 0.25) is 0 Å². The van der Waals surface area contributed by atoms with Crippen LogP contribution < -0.4 is 11.1 Å². The molecule has 0 radical (unpaired) electrons. The first kappa shape index (κ1) is 9.46. The fourth-order valence-corrected chi connectivity index (χ4v) is 2.32. The third-order valence-corrected chi connectivity index (χ3v) is 3.50. The van der Waals surface area contributed by atoms with Gasteiger partial charge in [-0.1, -0.05) is 0 Å². The van der Waals surface area contributed by atoms with Gasteiger partial charge in [0.15, 0.2) is 5.96 Å². The molecule has 2 aliphatic carbocycles. The van der Waals surface area contributed by atoms with Crippen LogP contribution in [-0.2, 0) is 0 Å². The minimum Gasteiger partial charge on any atom is -0.370 e. The van der Waals surface area contributed by atoms with Crippen molar-refractivity contribution < 1.29 is 0 Å². The molecule has 0 spiro atoms. The number of guanidine groups is 1. The third-order valence-electron chi connectivity index (χ3n) is 3.50. The Bertz CT molecular complexity index is 268. The average Bonchev–Trinajstić information content (AvgIpc) is 3.09. The predicted molar refractivity (Wildman–Crippen MR) is 60.8 cm³/mol. The van der Waals surface area contributed by atoms with E-state index in [1.165, 1.54) is 38.6 Å². The normalized spacial score (nSPS) is 33.3. The molecule has 1 aliphatic heterocycles. The Balaban J connectivity index is 1.47. The smallest absolute Gasteiger partial charge is 0.189 e. The molecular formula is C11H20N4. The highest BCUT2D eigenvalue weighted by Crippen LogP contribution is 2.29. The summed E-state index contributed by atoms with van der Waals surface area (Å²) in [6.07, 6.45) is 6.47. The Morgan fingerprint density at radius 2 is 2.00 bits per heavy atom. The van der Waals surface area contributed by atoms with Gasteiger partial charge in [0.25, 0.3) is 0 Å². The molecule has 84 valence electrons. The average molecular weight is 208 g/mol. The molecule has 0 aromatic heterocycles. The molecular weight excluding hydrogens is 188 g/mol. The summed E-state index contributed by atoms with van der Waals surface area (Å²) in [5.74, 6) is 0.667. The zero-order chi connectivity index (χ0) is 10.3. The lowest BCUT2D eigenvalue weighted by Crippen LogP contribution is -2.42. The second-order valence-corrected chi connectivity index (χ2v) is 5.10. The zero-order valence-corrected chi connectivity index (χ0v) is 9.15. The molecule has 3 N–H and O–H groups in total. The summed E-state index contributed by atoms with van der Waals surface area (Å²) in [4.78, 5) is 6.99. The maximum absolute atomic E-state index is 5.85. The first-order chi connectivity index (χ1) is 7.31. The highest BCUT2D eigenvalue weighted by atomic mass is 15.2. The fourth-order valence-electron chi connectivity index (χ4n) is 2.32. The van der Waals surface area contributed by atoms with Crippen LogP contribution in [0.4, 0.5) is 0 Å². The number of hydrogen-bond donors (Lipinski definition) is 2. The first-order valence-corrected chi connectivity index (χ1v) is 6.15. The number of hydrogen-bond acceptors (Lipinski definition) is 2. The van der Waals surface area contributed by atoms with Gasteiger partial charge in [0.1, 0.15) is 0 Å². The summed E-state index contributed by atoms with van der Waals surface area (Å²) in [6, 6.07) is 1.95. The molecule has 0 aromatic rings. The lowest BCUT2D eigenvalue weighted by molar-refractivity contribution is 0.321. The van der Waals surface area contributed by atoms with Crippen LogP contribution in [0, 0.1) is 0 Å². The molecule has 3 aliphatic rings. The van der Waals surface area contributed by atoms with Crippen LogP contribution in [0.15, 0.2) is 4.99 Å². The third kappa shape index (κ3) is 2.43. The molecule has 2 saturated carbocycles. The van der Waals surface area contributed by atoms with Gasteiger partial charge >= 0.3 is 0 Å². The summed E-state index contributed by atoms with van der Waals surface area (Å²) < 4.78 is 0. The fraction of sp³-hybridized carbons (Fsp3) is 0.909. The number of likely N-dealkylation sites (tertiary alicyclic amines) is 1. The van der Waals surface area contributed by atoms with Gasteiger partial charge < -0.3 is 11.1 Å². The van der Waals surface area contributed by atoms with Crippen molar-refractivity contribution in [3.63, 3.8) is 0 Å². The SMILES string of the molecule is NC(=NC1CC1)NC1CCN(C2CC2)C1. The van der Waals surface area contributed by atoms with Crippen molar-refractivity contribution in [2.45, 2.75) is 50.2 Å². The van der Waals surface area contributed by atoms with Gasteiger partial charge in [-0.2, -0.15) is 0 Å². The van der Waals surface area contributed by atoms with Gasteiger partial charge in [0.05, 0.1) is 6.04 Å². The van der Waals surface area contributed by atoms with Gasteiger partial charge in [-0.15, -0.1) is 0 Å². The summed E-state index contributed by atoms with van der Waals surface area (Å²) in [5.41, 5.74) is 5.85. The molecule has 0 aromatic carbocycles. The van der Waals surface area contributed by atoms with Crippen molar-refractivity contribution >= 4 is 5.96 Å². The van der Waals surface area contributed by atoms with E-state index in [-0.39, 0.29) is 0 Å². The van der Waals surface area contributed by atoms with E-state index in [2.05, 4.69) is 15.2 Å². The van der Waals surface area contributed by atoms with Crippen molar-refractivity contribution in [1.29, 1.82) is 0 Å². The van der Waals surface area contributed by atoms with E-state index in [1.54, 1.807) is 0 Å². The topological polar surface area (TPSA) is 53.6 Å². The zero-order valence-electron chi connectivity index (χ0n) is 9.15. The summed E-state index contributed by atoms with van der Waals surface area (Å²) in [6.45, 7) is 2.39. The van der Waals surface area contributed by atoms with E-state index < -0.39 is 0 Å². The quantitative estimate of drug-likeness (QED) is 0.518. The van der Waals surface area contributed by atoms with Crippen LogP contribution in [0.5, 0.6) is 0 Å². The van der Waals surface area contributed by atoms with Crippen molar-refractivity contribution in [2.24, 2.45) is 10.7 Å². The molecule has 4 nitrogen and oxygen atoms in total. The second-order valence-electron chi connectivity index (χ2n) is 5.10. The van der Waals surface area contributed by atoms with Gasteiger partial charge in [-0.3, -0.25) is 9.89 Å². The van der Waals surface area contributed by atoms with E-state index in [0.717, 1.165) is 12.6 Å². The standard InChI is InChI=1S/C11H20N4/c12-11(13-8-1-2-8)14-9-5-6-15(7-9)10-3-4-10/h8-10H,1-7H2,(H3,12,13,14). The molecule has 0 amide bonds. The minimum atomic E-state index is 0.526. The predicted octanol–water partition coefficient (Wildman–Crippen LogP) is 0.290. The van der Waals surface area contributed by atoms with Crippen molar-refractivity contribution in [1.82, 2.24) is 10.2 Å². The molecule has 4 heteroatoms. The molecule has 3 rings (SSSR count). The molecule has 3 fully saturated rings. The van der Waals surface area contributed by atoms with E-state index in [1.807, 2.05) is 0 Å². The number of nitrogens with zero attached hydrogens (tertiary/aromatic N) is 2. The van der Waals surface area contributed by atoms with Crippen LogP contribution in [0.1, 0.15) is 32.1 Å².